The second-order valence-corrected chi connectivity index (χ2v) is 5.46. The minimum atomic E-state index is -0.435. The summed E-state index contributed by atoms with van der Waals surface area (Å²) in [5, 5.41) is 13.3. The molecule has 0 bridgehead atoms. The molecule has 0 radical (unpaired) electrons. The number of anilines is 1. The summed E-state index contributed by atoms with van der Waals surface area (Å²) >= 11 is 0. The summed E-state index contributed by atoms with van der Waals surface area (Å²) in [7, 11) is 0. The Balaban J connectivity index is 1.56. The van der Waals surface area contributed by atoms with Crippen LogP contribution < -0.4 is 5.32 Å². The van der Waals surface area contributed by atoms with E-state index in [4.69, 9.17) is 4.42 Å². The molecular weight excluding hydrogens is 346 g/mol. The molecule has 0 saturated heterocycles. The van der Waals surface area contributed by atoms with E-state index in [1.807, 2.05) is 0 Å². The number of nitro benzene ring substituents is 1. The third kappa shape index (κ3) is 4.99. The van der Waals surface area contributed by atoms with Crippen molar-refractivity contribution in [1.29, 1.82) is 0 Å². The highest BCUT2D eigenvalue weighted by atomic mass is 16.6. The summed E-state index contributed by atoms with van der Waals surface area (Å²) in [5.41, 5.74) is 2.25. The van der Waals surface area contributed by atoms with Gasteiger partial charge in [-0.25, -0.2) is 0 Å². The fourth-order valence-corrected chi connectivity index (χ4v) is 2.22. The number of nitrogens with one attached hydrogen (secondary N) is 1. The number of amides is 1. The molecule has 7 heteroatoms. The molecule has 0 spiro atoms. The third-order valence-electron chi connectivity index (χ3n) is 3.57. The van der Waals surface area contributed by atoms with Crippen LogP contribution in [-0.4, -0.2) is 17.0 Å². The maximum atomic E-state index is 11.9. The molecule has 1 amide bonds. The number of carbonyl (C=O) groups is 1. The Morgan fingerprint density at radius 2 is 1.81 bits per heavy atom. The predicted octanol–water partition coefficient (Wildman–Crippen LogP) is 4.86. The summed E-state index contributed by atoms with van der Waals surface area (Å²) in [4.78, 5) is 26.3. The molecule has 7 nitrogen and oxygen atoms in total. The fourth-order valence-electron chi connectivity index (χ4n) is 2.22. The standard InChI is InChI=1S/C20H15N3O4/c24-20(19-4-2-14-27-19)22-17-9-7-16(8-10-17)21-13-1-3-15-5-11-18(12-6-15)23(25)26/h1-14H,(H,22,24)/b3-1+,21-13?. The van der Waals surface area contributed by atoms with Crippen LogP contribution in [0.15, 0.2) is 82.4 Å². The van der Waals surface area contributed by atoms with Crippen LogP contribution >= 0.6 is 0 Å². The van der Waals surface area contributed by atoms with Gasteiger partial charge in [0.25, 0.3) is 11.6 Å². The van der Waals surface area contributed by atoms with E-state index < -0.39 is 4.92 Å². The normalized spacial score (nSPS) is 11.1. The van der Waals surface area contributed by atoms with Gasteiger partial charge in [0, 0.05) is 24.0 Å². The predicted molar refractivity (Wildman–Crippen MR) is 103 cm³/mol. The average Bonchev–Trinajstić information content (AvgIpc) is 3.22. The number of carbonyl (C=O) groups excluding carboxylic acids is 1. The average molecular weight is 361 g/mol. The number of furan rings is 1. The molecule has 0 aliphatic heterocycles. The van der Waals surface area contributed by atoms with E-state index in [-0.39, 0.29) is 17.4 Å². The molecule has 2 aromatic carbocycles. The van der Waals surface area contributed by atoms with Gasteiger partial charge in [0.2, 0.25) is 0 Å². The molecular formula is C20H15N3O4. The van der Waals surface area contributed by atoms with Crippen LogP contribution in [0.2, 0.25) is 0 Å². The van der Waals surface area contributed by atoms with Crippen molar-refractivity contribution in [2.45, 2.75) is 0 Å². The lowest BCUT2D eigenvalue weighted by atomic mass is 10.2. The van der Waals surface area contributed by atoms with Crippen molar-refractivity contribution in [3.63, 3.8) is 0 Å². The Morgan fingerprint density at radius 3 is 2.44 bits per heavy atom. The van der Waals surface area contributed by atoms with Crippen molar-refractivity contribution in [2.75, 3.05) is 5.32 Å². The van der Waals surface area contributed by atoms with Crippen molar-refractivity contribution in [1.82, 2.24) is 0 Å². The first-order valence-corrected chi connectivity index (χ1v) is 8.02. The second-order valence-electron chi connectivity index (χ2n) is 5.46. The molecule has 0 fully saturated rings. The first kappa shape index (κ1) is 17.8. The number of hydrogen-bond donors (Lipinski definition) is 1. The van der Waals surface area contributed by atoms with Gasteiger partial charge in [-0.15, -0.1) is 0 Å². The Hall–Kier alpha value is -4.00. The van der Waals surface area contributed by atoms with Crippen LogP contribution in [-0.2, 0) is 0 Å². The minimum Gasteiger partial charge on any atom is -0.459 e. The van der Waals surface area contributed by atoms with Gasteiger partial charge in [0.15, 0.2) is 5.76 Å². The van der Waals surface area contributed by atoms with Crippen LogP contribution in [0, 0.1) is 10.1 Å². The molecule has 1 aromatic heterocycles. The number of allylic oxidation sites excluding steroid dienone is 1. The second kappa shape index (κ2) is 8.39. The van der Waals surface area contributed by atoms with Crippen molar-refractivity contribution in [3.05, 3.63) is 94.4 Å². The number of non-ortho nitro benzene ring substituents is 1. The van der Waals surface area contributed by atoms with E-state index >= 15 is 0 Å². The van der Waals surface area contributed by atoms with E-state index in [2.05, 4.69) is 10.3 Å². The molecule has 0 saturated carbocycles. The number of nitro groups is 1. The topological polar surface area (TPSA) is 97.7 Å². The lowest BCUT2D eigenvalue weighted by Gasteiger charge is -2.03. The summed E-state index contributed by atoms with van der Waals surface area (Å²) in [5.74, 6) is -0.0734. The van der Waals surface area contributed by atoms with Crippen LogP contribution in [0.25, 0.3) is 6.08 Å². The first-order valence-electron chi connectivity index (χ1n) is 8.02. The molecule has 3 rings (SSSR count). The maximum Gasteiger partial charge on any atom is 0.291 e. The summed E-state index contributed by atoms with van der Waals surface area (Å²) in [6.45, 7) is 0. The van der Waals surface area contributed by atoms with E-state index in [1.54, 1.807) is 66.9 Å². The van der Waals surface area contributed by atoms with Gasteiger partial charge in [0.1, 0.15) is 0 Å². The van der Waals surface area contributed by atoms with Gasteiger partial charge in [-0.3, -0.25) is 19.9 Å². The lowest BCUT2D eigenvalue weighted by molar-refractivity contribution is -0.384. The molecule has 134 valence electrons. The lowest BCUT2D eigenvalue weighted by Crippen LogP contribution is -2.10. The Kier molecular flexibility index (Phi) is 5.54. The molecule has 0 aliphatic carbocycles. The van der Waals surface area contributed by atoms with Gasteiger partial charge < -0.3 is 9.73 Å². The van der Waals surface area contributed by atoms with Gasteiger partial charge in [-0.05, 0) is 60.2 Å². The molecule has 1 heterocycles. The van der Waals surface area contributed by atoms with Gasteiger partial charge in [-0.1, -0.05) is 6.08 Å². The van der Waals surface area contributed by atoms with E-state index in [9.17, 15) is 14.9 Å². The van der Waals surface area contributed by atoms with Gasteiger partial charge >= 0.3 is 0 Å². The number of rotatable bonds is 6. The van der Waals surface area contributed by atoms with Gasteiger partial charge in [-0.2, -0.15) is 0 Å². The van der Waals surface area contributed by atoms with Crippen LogP contribution in [0.1, 0.15) is 16.1 Å². The molecule has 0 unspecified atom stereocenters. The number of aliphatic imine (C=N–C) groups is 1. The quantitative estimate of drug-likeness (QED) is 0.385. The Bertz CT molecular complexity index is 973. The highest BCUT2D eigenvalue weighted by Crippen LogP contribution is 2.17. The third-order valence-corrected chi connectivity index (χ3v) is 3.57. The molecule has 27 heavy (non-hydrogen) atoms. The molecule has 0 atom stereocenters. The van der Waals surface area contributed by atoms with Crippen LogP contribution in [0.5, 0.6) is 0 Å². The van der Waals surface area contributed by atoms with Crippen molar-refractivity contribution >= 4 is 35.3 Å². The molecule has 1 N–H and O–H groups in total. The maximum absolute atomic E-state index is 11.9. The minimum absolute atomic E-state index is 0.0556. The Morgan fingerprint density at radius 1 is 1.07 bits per heavy atom. The summed E-state index contributed by atoms with van der Waals surface area (Å²) in [6.07, 6.45) is 6.60. The largest absolute Gasteiger partial charge is 0.459 e. The summed E-state index contributed by atoms with van der Waals surface area (Å²) < 4.78 is 5.03. The number of nitrogens with zero attached hydrogens (tertiary/aromatic N) is 2. The number of hydrogen-bond acceptors (Lipinski definition) is 5. The Labute approximate surface area is 154 Å². The molecule has 3 aromatic rings. The zero-order valence-corrected chi connectivity index (χ0v) is 14.1. The number of benzene rings is 2. The van der Waals surface area contributed by atoms with E-state index in [0.29, 0.717) is 5.69 Å². The highest BCUT2D eigenvalue weighted by molar-refractivity contribution is 6.02. The van der Waals surface area contributed by atoms with E-state index in [0.717, 1.165) is 11.3 Å². The van der Waals surface area contributed by atoms with Crippen LogP contribution in [0.3, 0.4) is 0 Å². The molecule has 0 aliphatic rings. The van der Waals surface area contributed by atoms with Crippen LogP contribution in [0.4, 0.5) is 17.1 Å². The monoisotopic (exact) mass is 361 g/mol. The highest BCUT2D eigenvalue weighted by Gasteiger charge is 2.08. The van der Waals surface area contributed by atoms with E-state index in [1.165, 1.54) is 18.4 Å². The van der Waals surface area contributed by atoms with Crippen molar-refractivity contribution < 1.29 is 14.1 Å². The van der Waals surface area contributed by atoms with Gasteiger partial charge in [0.05, 0.1) is 16.9 Å². The fraction of sp³-hybridized carbons (Fsp3) is 0. The summed E-state index contributed by atoms with van der Waals surface area (Å²) in [6, 6.07) is 16.5. The van der Waals surface area contributed by atoms with Crippen molar-refractivity contribution in [2.24, 2.45) is 4.99 Å². The smallest absolute Gasteiger partial charge is 0.291 e. The zero-order valence-electron chi connectivity index (χ0n) is 14.1. The SMILES string of the molecule is O=C(Nc1ccc(N=C/C=C/c2ccc([N+](=O)[O-])cc2)cc1)c1ccco1. The van der Waals surface area contributed by atoms with Crippen molar-refractivity contribution in [3.8, 4) is 0 Å². The first-order chi connectivity index (χ1) is 13.1. The zero-order chi connectivity index (χ0) is 19.1.